The third-order valence-electron chi connectivity index (χ3n) is 2.66. The van der Waals surface area contributed by atoms with Gasteiger partial charge in [-0.3, -0.25) is 9.69 Å². The van der Waals surface area contributed by atoms with Gasteiger partial charge in [-0.2, -0.15) is 0 Å². The van der Waals surface area contributed by atoms with E-state index in [1.165, 1.54) is 12.6 Å². The maximum atomic E-state index is 11.8. The summed E-state index contributed by atoms with van der Waals surface area (Å²) >= 11 is 1.02. The van der Waals surface area contributed by atoms with Crippen molar-refractivity contribution in [2.24, 2.45) is 0 Å². The molecule has 10 heteroatoms. The molecule has 1 fully saturated rings. The summed E-state index contributed by atoms with van der Waals surface area (Å²) in [6.45, 7) is -0.113. The predicted molar refractivity (Wildman–Crippen MR) is 69.0 cm³/mol. The molecule has 0 saturated carbocycles. The minimum atomic E-state index is -3.83. The number of esters is 1. The van der Waals surface area contributed by atoms with Crippen molar-refractivity contribution < 1.29 is 22.7 Å². The number of thiazole rings is 1. The van der Waals surface area contributed by atoms with Crippen molar-refractivity contribution in [1.82, 2.24) is 4.98 Å². The predicted octanol–water partition coefficient (Wildman–Crippen LogP) is 0.604. The highest BCUT2D eigenvalue weighted by molar-refractivity contribution is 8.14. The fourth-order valence-electron chi connectivity index (χ4n) is 1.73. The van der Waals surface area contributed by atoms with Crippen LogP contribution in [-0.4, -0.2) is 44.2 Å². The van der Waals surface area contributed by atoms with E-state index in [4.69, 9.17) is 10.7 Å². The van der Waals surface area contributed by atoms with Crippen LogP contribution in [0.5, 0.6) is 0 Å². The number of halogens is 1. The topological polar surface area (TPSA) is 93.6 Å². The molecule has 1 saturated heterocycles. The van der Waals surface area contributed by atoms with Gasteiger partial charge in [-0.1, -0.05) is 0 Å². The van der Waals surface area contributed by atoms with E-state index in [0.29, 0.717) is 0 Å². The Hall–Kier alpha value is -1.19. The van der Waals surface area contributed by atoms with Crippen LogP contribution >= 0.6 is 22.0 Å². The van der Waals surface area contributed by atoms with Gasteiger partial charge in [0, 0.05) is 23.6 Å². The summed E-state index contributed by atoms with van der Waals surface area (Å²) in [6.07, 6.45) is -0.218. The lowest BCUT2D eigenvalue weighted by Gasteiger charge is -2.14. The Labute approximate surface area is 117 Å². The number of methoxy groups -OCH3 is 1. The van der Waals surface area contributed by atoms with Crippen molar-refractivity contribution in [3.8, 4) is 0 Å². The van der Waals surface area contributed by atoms with E-state index in [2.05, 4.69) is 9.72 Å². The number of nitrogens with zero attached hydrogens (tertiary/aromatic N) is 2. The maximum Gasteiger partial charge on any atom is 0.351 e. The van der Waals surface area contributed by atoms with Crippen LogP contribution in [0, 0.1) is 0 Å². The first-order valence-electron chi connectivity index (χ1n) is 5.10. The molecule has 2 rings (SSSR count). The van der Waals surface area contributed by atoms with Crippen LogP contribution < -0.4 is 4.90 Å². The Bertz CT molecular complexity index is 626. The molecule has 1 aliphatic rings. The number of aromatic nitrogens is 1. The molecule has 0 spiro atoms. The van der Waals surface area contributed by atoms with E-state index in [0.717, 1.165) is 16.2 Å². The van der Waals surface area contributed by atoms with Gasteiger partial charge in [-0.25, -0.2) is 18.2 Å². The molecule has 0 bridgehead atoms. The van der Waals surface area contributed by atoms with E-state index in [1.54, 1.807) is 0 Å². The highest BCUT2D eigenvalue weighted by Crippen LogP contribution is 2.30. The van der Waals surface area contributed by atoms with Crippen LogP contribution in [0.15, 0.2) is 5.51 Å². The molecular formula is C9H9ClN2O5S2. The van der Waals surface area contributed by atoms with Gasteiger partial charge >= 0.3 is 5.97 Å². The van der Waals surface area contributed by atoms with Crippen LogP contribution in [0.25, 0.3) is 0 Å². The van der Waals surface area contributed by atoms with Gasteiger partial charge in [0.25, 0.3) is 0 Å². The lowest BCUT2D eigenvalue weighted by molar-refractivity contribution is -0.117. The quantitative estimate of drug-likeness (QED) is 0.597. The van der Waals surface area contributed by atoms with Gasteiger partial charge in [0.15, 0.2) is 10.7 Å². The smallest absolute Gasteiger partial charge is 0.351 e. The Balaban J connectivity index is 2.32. The molecule has 2 heterocycles. The normalized spacial score (nSPS) is 19.8. The Morgan fingerprint density at radius 3 is 2.84 bits per heavy atom. The standard InChI is InChI=1S/C9H9ClN2O5S2/c1-17-9(14)7-8(11-4-18-7)12-3-5(2-6(12)13)19(10,15)16/h4-5H,2-3H2,1H3. The number of carbonyl (C=O) groups is 2. The molecule has 0 aromatic carbocycles. The summed E-state index contributed by atoms with van der Waals surface area (Å²) in [5, 5.41) is -0.992. The first-order valence-corrected chi connectivity index (χ1v) is 8.35. The van der Waals surface area contributed by atoms with Crippen molar-refractivity contribution >= 4 is 48.8 Å². The Morgan fingerprint density at radius 1 is 1.63 bits per heavy atom. The number of hydrogen-bond acceptors (Lipinski definition) is 7. The van der Waals surface area contributed by atoms with Crippen LogP contribution in [0.2, 0.25) is 0 Å². The van der Waals surface area contributed by atoms with Gasteiger partial charge in [0.2, 0.25) is 15.0 Å². The van der Waals surface area contributed by atoms with Crippen molar-refractivity contribution in [2.75, 3.05) is 18.6 Å². The van der Waals surface area contributed by atoms with Crippen LogP contribution in [0.4, 0.5) is 5.82 Å². The number of ether oxygens (including phenoxy) is 1. The molecule has 7 nitrogen and oxygen atoms in total. The third kappa shape index (κ3) is 2.72. The average Bonchev–Trinajstić information content (AvgIpc) is 2.92. The summed E-state index contributed by atoms with van der Waals surface area (Å²) in [7, 11) is 2.63. The fraction of sp³-hybridized carbons (Fsp3) is 0.444. The molecule has 104 valence electrons. The first kappa shape index (κ1) is 14.2. The minimum absolute atomic E-state index is 0.113. The molecule has 1 amide bonds. The lowest BCUT2D eigenvalue weighted by Crippen LogP contribution is -2.28. The van der Waals surface area contributed by atoms with Crippen molar-refractivity contribution in [3.05, 3.63) is 10.4 Å². The SMILES string of the molecule is COC(=O)c1scnc1N1CC(S(=O)(=O)Cl)CC1=O. The van der Waals surface area contributed by atoms with Gasteiger partial charge in [-0.05, 0) is 0 Å². The highest BCUT2D eigenvalue weighted by Gasteiger charge is 2.40. The Morgan fingerprint density at radius 2 is 2.32 bits per heavy atom. The molecule has 19 heavy (non-hydrogen) atoms. The van der Waals surface area contributed by atoms with Gasteiger partial charge < -0.3 is 4.74 Å². The minimum Gasteiger partial charge on any atom is -0.465 e. The zero-order valence-corrected chi connectivity index (χ0v) is 12.1. The molecule has 0 radical (unpaired) electrons. The number of amides is 1. The summed E-state index contributed by atoms with van der Waals surface area (Å²) in [5.41, 5.74) is 1.39. The van der Waals surface area contributed by atoms with Crippen LogP contribution in [-0.2, 0) is 18.6 Å². The second-order valence-corrected chi connectivity index (χ2v) is 7.57. The van der Waals surface area contributed by atoms with E-state index < -0.39 is 26.2 Å². The number of anilines is 1. The van der Waals surface area contributed by atoms with Gasteiger partial charge in [-0.15, -0.1) is 11.3 Å². The molecule has 0 N–H and O–H groups in total. The van der Waals surface area contributed by atoms with E-state index >= 15 is 0 Å². The van der Waals surface area contributed by atoms with Crippen LogP contribution in [0.3, 0.4) is 0 Å². The molecule has 1 atom stereocenters. The molecule has 1 unspecified atom stereocenters. The Kier molecular flexibility index (Phi) is 3.79. The number of rotatable bonds is 3. The fourth-order valence-corrected chi connectivity index (χ4v) is 3.47. The van der Waals surface area contributed by atoms with Crippen molar-refractivity contribution in [1.29, 1.82) is 0 Å². The summed E-state index contributed by atoms with van der Waals surface area (Å²) < 4.78 is 27.1. The molecule has 0 aliphatic carbocycles. The summed E-state index contributed by atoms with van der Waals surface area (Å²) in [4.78, 5) is 28.5. The molecular weight excluding hydrogens is 316 g/mol. The van der Waals surface area contributed by atoms with Crippen LogP contribution in [0.1, 0.15) is 16.1 Å². The third-order valence-corrected chi connectivity index (χ3v) is 5.33. The first-order chi connectivity index (χ1) is 8.84. The molecule has 1 aromatic rings. The zero-order valence-electron chi connectivity index (χ0n) is 9.70. The lowest BCUT2D eigenvalue weighted by atomic mass is 10.4. The summed E-state index contributed by atoms with van der Waals surface area (Å²) in [6, 6.07) is 0. The number of hydrogen-bond donors (Lipinski definition) is 0. The van der Waals surface area contributed by atoms with E-state index in [1.807, 2.05) is 0 Å². The van der Waals surface area contributed by atoms with Crippen molar-refractivity contribution in [2.45, 2.75) is 11.7 Å². The van der Waals surface area contributed by atoms with Gasteiger partial charge in [0.1, 0.15) is 5.25 Å². The summed E-state index contributed by atoms with van der Waals surface area (Å²) in [5.74, 6) is -0.947. The molecule has 1 aromatic heterocycles. The van der Waals surface area contributed by atoms with E-state index in [9.17, 15) is 18.0 Å². The second kappa shape index (κ2) is 5.06. The van der Waals surface area contributed by atoms with Gasteiger partial charge in [0.05, 0.1) is 12.6 Å². The average molecular weight is 325 g/mol. The second-order valence-electron chi connectivity index (χ2n) is 3.80. The largest absolute Gasteiger partial charge is 0.465 e. The monoisotopic (exact) mass is 324 g/mol. The number of carbonyl (C=O) groups excluding carboxylic acids is 2. The molecule has 1 aliphatic heterocycles. The van der Waals surface area contributed by atoms with E-state index in [-0.39, 0.29) is 23.7 Å². The van der Waals surface area contributed by atoms with Crippen molar-refractivity contribution in [3.63, 3.8) is 0 Å². The maximum absolute atomic E-state index is 11.8. The zero-order chi connectivity index (χ0) is 14.2. The highest BCUT2D eigenvalue weighted by atomic mass is 35.7.